The number of nitrogens with one attached hydrogen (secondary N) is 1. The summed E-state index contributed by atoms with van der Waals surface area (Å²) in [7, 11) is 1.68. The van der Waals surface area contributed by atoms with E-state index in [4.69, 9.17) is 21.1 Å². The monoisotopic (exact) mass is 227 g/mol. The quantitative estimate of drug-likeness (QED) is 0.857. The van der Waals surface area contributed by atoms with Gasteiger partial charge in [-0.15, -0.1) is 0 Å². The molecule has 2 rings (SSSR count). The zero-order valence-electron chi connectivity index (χ0n) is 8.57. The molecule has 0 amide bonds. The number of ether oxygens (including phenoxy) is 2. The Morgan fingerprint density at radius 1 is 1.47 bits per heavy atom. The van der Waals surface area contributed by atoms with Crippen LogP contribution in [0.1, 0.15) is 11.8 Å². The van der Waals surface area contributed by atoms with Crippen molar-refractivity contribution in [2.75, 3.05) is 20.3 Å². The van der Waals surface area contributed by atoms with Gasteiger partial charge in [0.1, 0.15) is 6.23 Å². The van der Waals surface area contributed by atoms with Gasteiger partial charge in [0.25, 0.3) is 0 Å². The third kappa shape index (κ3) is 2.69. The van der Waals surface area contributed by atoms with Crippen molar-refractivity contribution in [1.82, 2.24) is 5.32 Å². The predicted molar refractivity (Wildman–Crippen MR) is 58.9 cm³/mol. The molecular weight excluding hydrogens is 214 g/mol. The van der Waals surface area contributed by atoms with Gasteiger partial charge in [0.05, 0.1) is 12.7 Å². The highest BCUT2D eigenvalue weighted by molar-refractivity contribution is 6.30. The highest BCUT2D eigenvalue weighted by atomic mass is 35.5. The summed E-state index contributed by atoms with van der Waals surface area (Å²) >= 11 is 5.82. The van der Waals surface area contributed by atoms with Crippen molar-refractivity contribution >= 4 is 11.6 Å². The molecule has 4 heteroatoms. The van der Waals surface area contributed by atoms with E-state index >= 15 is 0 Å². The standard InChI is InChI=1S/C11H14ClNO2/c1-14-7-10-6-13-11(15-10)8-2-4-9(12)5-3-8/h2-5,10-11,13H,6-7H2,1H3. The summed E-state index contributed by atoms with van der Waals surface area (Å²) in [4.78, 5) is 0. The highest BCUT2D eigenvalue weighted by Gasteiger charge is 2.25. The van der Waals surface area contributed by atoms with Crippen LogP contribution in [0.2, 0.25) is 5.02 Å². The van der Waals surface area contributed by atoms with E-state index in [1.807, 2.05) is 24.3 Å². The predicted octanol–water partition coefficient (Wildman–Crippen LogP) is 1.97. The number of halogens is 1. The number of hydrogen-bond donors (Lipinski definition) is 1. The molecule has 3 nitrogen and oxygen atoms in total. The Labute approximate surface area is 94.3 Å². The summed E-state index contributed by atoms with van der Waals surface area (Å²) in [6, 6.07) is 7.67. The van der Waals surface area contributed by atoms with E-state index in [1.54, 1.807) is 7.11 Å². The van der Waals surface area contributed by atoms with Gasteiger partial charge in [-0.25, -0.2) is 0 Å². The van der Waals surface area contributed by atoms with Crippen molar-refractivity contribution in [3.63, 3.8) is 0 Å². The van der Waals surface area contributed by atoms with E-state index in [1.165, 1.54) is 0 Å². The Bertz CT molecular complexity index is 315. The second-order valence-electron chi connectivity index (χ2n) is 3.55. The van der Waals surface area contributed by atoms with Gasteiger partial charge >= 0.3 is 0 Å². The minimum Gasteiger partial charge on any atom is -0.382 e. The fraction of sp³-hybridized carbons (Fsp3) is 0.455. The zero-order chi connectivity index (χ0) is 10.7. The van der Waals surface area contributed by atoms with E-state index in [0.29, 0.717) is 6.61 Å². The van der Waals surface area contributed by atoms with Crippen LogP contribution in [-0.2, 0) is 9.47 Å². The maximum atomic E-state index is 5.82. The van der Waals surface area contributed by atoms with Crippen molar-refractivity contribution < 1.29 is 9.47 Å². The normalized spacial score (nSPS) is 25.7. The molecule has 0 saturated carbocycles. The molecule has 1 fully saturated rings. The van der Waals surface area contributed by atoms with Crippen molar-refractivity contribution in [2.45, 2.75) is 12.3 Å². The summed E-state index contributed by atoms with van der Waals surface area (Å²) in [5.41, 5.74) is 1.10. The molecule has 1 N–H and O–H groups in total. The third-order valence-electron chi connectivity index (χ3n) is 2.38. The van der Waals surface area contributed by atoms with Gasteiger partial charge in [0.2, 0.25) is 0 Å². The first-order chi connectivity index (χ1) is 7.29. The number of hydrogen-bond acceptors (Lipinski definition) is 3. The Morgan fingerprint density at radius 2 is 2.20 bits per heavy atom. The Kier molecular flexibility index (Phi) is 3.59. The summed E-state index contributed by atoms with van der Waals surface area (Å²) in [5, 5.41) is 4.02. The molecule has 1 aromatic rings. The van der Waals surface area contributed by atoms with Crippen LogP contribution in [0.4, 0.5) is 0 Å². The smallest absolute Gasteiger partial charge is 0.134 e. The summed E-state index contributed by atoms with van der Waals surface area (Å²) < 4.78 is 10.8. The zero-order valence-corrected chi connectivity index (χ0v) is 9.33. The van der Waals surface area contributed by atoms with Crippen LogP contribution in [-0.4, -0.2) is 26.4 Å². The van der Waals surface area contributed by atoms with Crippen LogP contribution in [0.25, 0.3) is 0 Å². The van der Waals surface area contributed by atoms with Crippen LogP contribution >= 0.6 is 11.6 Å². The molecule has 1 heterocycles. The first-order valence-corrected chi connectivity index (χ1v) is 5.30. The largest absolute Gasteiger partial charge is 0.382 e. The molecule has 2 atom stereocenters. The number of benzene rings is 1. The Balaban J connectivity index is 1.98. The molecule has 0 bridgehead atoms. The van der Waals surface area contributed by atoms with Gasteiger partial charge in [-0.2, -0.15) is 0 Å². The van der Waals surface area contributed by atoms with Crippen molar-refractivity contribution in [3.8, 4) is 0 Å². The maximum absolute atomic E-state index is 5.82. The van der Waals surface area contributed by atoms with E-state index < -0.39 is 0 Å². The van der Waals surface area contributed by atoms with Gasteiger partial charge < -0.3 is 9.47 Å². The molecule has 82 valence electrons. The average Bonchev–Trinajstić information content (AvgIpc) is 2.68. The van der Waals surface area contributed by atoms with E-state index in [9.17, 15) is 0 Å². The van der Waals surface area contributed by atoms with Crippen molar-refractivity contribution in [2.24, 2.45) is 0 Å². The summed E-state index contributed by atoms with van der Waals surface area (Å²) in [6.07, 6.45) is 0.0955. The van der Waals surface area contributed by atoms with Crippen molar-refractivity contribution in [3.05, 3.63) is 34.9 Å². The first kappa shape index (κ1) is 10.9. The van der Waals surface area contributed by atoms with Crippen LogP contribution in [0, 0.1) is 0 Å². The molecule has 2 unspecified atom stereocenters. The van der Waals surface area contributed by atoms with E-state index in [-0.39, 0.29) is 12.3 Å². The Morgan fingerprint density at radius 3 is 2.87 bits per heavy atom. The van der Waals surface area contributed by atoms with Gasteiger partial charge in [-0.05, 0) is 17.7 Å². The lowest BCUT2D eigenvalue weighted by molar-refractivity contribution is -0.00233. The van der Waals surface area contributed by atoms with Crippen LogP contribution in [0.15, 0.2) is 24.3 Å². The summed E-state index contributed by atoms with van der Waals surface area (Å²) in [5.74, 6) is 0. The first-order valence-electron chi connectivity index (χ1n) is 4.93. The number of methoxy groups -OCH3 is 1. The average molecular weight is 228 g/mol. The van der Waals surface area contributed by atoms with Crippen LogP contribution in [0.5, 0.6) is 0 Å². The Hall–Kier alpha value is -0.610. The van der Waals surface area contributed by atoms with Gasteiger partial charge in [0, 0.05) is 18.7 Å². The topological polar surface area (TPSA) is 30.5 Å². The number of rotatable bonds is 3. The molecule has 0 aromatic heterocycles. The third-order valence-corrected chi connectivity index (χ3v) is 2.64. The lowest BCUT2D eigenvalue weighted by Gasteiger charge is -2.12. The SMILES string of the molecule is COCC1CNC(c2ccc(Cl)cc2)O1. The molecule has 0 aliphatic carbocycles. The fourth-order valence-electron chi connectivity index (χ4n) is 1.65. The van der Waals surface area contributed by atoms with Crippen LogP contribution < -0.4 is 5.32 Å². The molecule has 0 radical (unpaired) electrons. The molecular formula is C11H14ClNO2. The summed E-state index contributed by atoms with van der Waals surface area (Å²) in [6.45, 7) is 1.44. The van der Waals surface area contributed by atoms with Crippen LogP contribution in [0.3, 0.4) is 0 Å². The highest BCUT2D eigenvalue weighted by Crippen LogP contribution is 2.22. The van der Waals surface area contributed by atoms with Gasteiger partial charge in [0.15, 0.2) is 0 Å². The molecule has 15 heavy (non-hydrogen) atoms. The van der Waals surface area contributed by atoms with E-state index in [2.05, 4.69) is 5.32 Å². The molecule has 1 saturated heterocycles. The van der Waals surface area contributed by atoms with Gasteiger partial charge in [-0.1, -0.05) is 23.7 Å². The second kappa shape index (κ2) is 4.94. The maximum Gasteiger partial charge on any atom is 0.134 e. The minimum atomic E-state index is -0.0394. The fourth-order valence-corrected chi connectivity index (χ4v) is 1.77. The second-order valence-corrected chi connectivity index (χ2v) is 3.99. The molecule has 1 aliphatic rings. The van der Waals surface area contributed by atoms with Crippen molar-refractivity contribution in [1.29, 1.82) is 0 Å². The molecule has 1 aromatic carbocycles. The molecule has 1 aliphatic heterocycles. The lowest BCUT2D eigenvalue weighted by Crippen LogP contribution is -2.19. The van der Waals surface area contributed by atoms with E-state index in [0.717, 1.165) is 17.1 Å². The molecule has 0 spiro atoms. The minimum absolute atomic E-state index is 0.0394. The lowest BCUT2D eigenvalue weighted by atomic mass is 10.2. The van der Waals surface area contributed by atoms with Gasteiger partial charge in [-0.3, -0.25) is 5.32 Å².